The smallest absolute Gasteiger partial charge is 0.237 e. The van der Waals surface area contributed by atoms with Crippen molar-refractivity contribution in [3.05, 3.63) is 66.0 Å². The van der Waals surface area contributed by atoms with Crippen LogP contribution in [0.5, 0.6) is 0 Å². The van der Waals surface area contributed by atoms with Gasteiger partial charge in [0.25, 0.3) is 0 Å². The van der Waals surface area contributed by atoms with Gasteiger partial charge in [-0.05, 0) is 12.8 Å². The summed E-state index contributed by atoms with van der Waals surface area (Å²) in [6.07, 6.45) is 7.12. The van der Waals surface area contributed by atoms with E-state index >= 15 is 0 Å². The molecule has 3 aliphatic heterocycles. The Morgan fingerprint density at radius 2 is 1.74 bits per heavy atom. The summed E-state index contributed by atoms with van der Waals surface area (Å²) in [6, 6.07) is 10.5. The van der Waals surface area contributed by atoms with Gasteiger partial charge in [0.15, 0.2) is 11.6 Å². The molecule has 1 amide bonds. The van der Waals surface area contributed by atoms with Gasteiger partial charge in [0.1, 0.15) is 0 Å². The normalized spacial score (nSPS) is 22.0. The lowest BCUT2D eigenvalue weighted by Gasteiger charge is -2.41. The average Bonchev–Trinajstić information content (AvgIpc) is 3.14. The molecule has 1 aromatic carbocycles. The second kappa shape index (κ2) is 8.72. The minimum absolute atomic E-state index is 0.142. The van der Waals surface area contributed by atoms with Crippen LogP contribution in [0.15, 0.2) is 48.9 Å². The van der Waals surface area contributed by atoms with Crippen LogP contribution in [-0.4, -0.2) is 73.9 Å². The molecule has 2 bridgehead atoms. The molecule has 0 aliphatic carbocycles. The first-order valence-corrected chi connectivity index (χ1v) is 11.8. The Morgan fingerprint density at radius 1 is 1.00 bits per heavy atom. The summed E-state index contributed by atoms with van der Waals surface area (Å²) in [5, 5.41) is 0. The number of fused-ring (bicyclic) bond motifs is 3. The molecule has 8 nitrogen and oxygen atoms in total. The highest BCUT2D eigenvalue weighted by Crippen LogP contribution is 2.33. The minimum atomic E-state index is -0.426. The summed E-state index contributed by atoms with van der Waals surface area (Å²) in [5.74, 6) is 1.04. The first-order valence-electron chi connectivity index (χ1n) is 11.8. The van der Waals surface area contributed by atoms with Crippen molar-refractivity contribution in [3.8, 4) is 11.4 Å². The maximum absolute atomic E-state index is 13.2. The zero-order valence-corrected chi connectivity index (χ0v) is 18.8. The largest absolute Gasteiger partial charge is 0.337 e. The monoisotopic (exact) mass is 459 g/mol. The number of amides is 1. The first-order chi connectivity index (χ1) is 16.6. The molecule has 174 valence electrons. The van der Waals surface area contributed by atoms with E-state index in [1.54, 1.807) is 0 Å². The molecule has 0 saturated carbocycles. The van der Waals surface area contributed by atoms with Crippen LogP contribution in [0.25, 0.3) is 11.4 Å². The fourth-order valence-electron chi connectivity index (χ4n) is 5.43. The number of nitrogens with zero attached hydrogens (tertiary/aromatic N) is 7. The zero-order chi connectivity index (χ0) is 23.1. The van der Waals surface area contributed by atoms with Crippen molar-refractivity contribution in [3.63, 3.8) is 0 Å². The van der Waals surface area contributed by atoms with Gasteiger partial charge < -0.3 is 9.80 Å². The van der Waals surface area contributed by atoms with Crippen molar-refractivity contribution in [2.75, 3.05) is 31.1 Å². The summed E-state index contributed by atoms with van der Waals surface area (Å²) in [6.45, 7) is 3.21. The lowest BCUT2D eigenvalue weighted by Crippen LogP contribution is -2.56. The van der Waals surface area contributed by atoms with Crippen molar-refractivity contribution in [1.29, 1.82) is 0 Å². The van der Waals surface area contributed by atoms with Gasteiger partial charge in [-0.25, -0.2) is 24.3 Å². The van der Waals surface area contributed by atoms with E-state index in [-0.39, 0.29) is 18.0 Å². The van der Waals surface area contributed by atoms with Crippen LogP contribution in [0.3, 0.4) is 0 Å². The molecule has 3 aliphatic rings. The number of anilines is 1. The third-order valence-corrected chi connectivity index (χ3v) is 7.07. The molecule has 2 unspecified atom stereocenters. The summed E-state index contributed by atoms with van der Waals surface area (Å²) in [5.41, 5.74) is 3.06. The van der Waals surface area contributed by atoms with Gasteiger partial charge in [0, 0.05) is 62.0 Å². The van der Waals surface area contributed by atoms with Crippen molar-refractivity contribution < 1.29 is 9.18 Å². The molecule has 0 N–H and O–H groups in total. The molecular formula is C25H26FN7O. The highest BCUT2D eigenvalue weighted by molar-refractivity contribution is 5.78. The molecule has 0 radical (unpaired) electrons. The highest BCUT2D eigenvalue weighted by Gasteiger charge is 2.42. The summed E-state index contributed by atoms with van der Waals surface area (Å²) < 4.78 is 13.2. The van der Waals surface area contributed by atoms with Gasteiger partial charge in [-0.15, -0.1) is 0 Å². The van der Waals surface area contributed by atoms with Crippen molar-refractivity contribution in [2.45, 2.75) is 37.9 Å². The van der Waals surface area contributed by atoms with Gasteiger partial charge in [-0.1, -0.05) is 30.3 Å². The van der Waals surface area contributed by atoms with Crippen LogP contribution in [0.4, 0.5) is 10.3 Å². The van der Waals surface area contributed by atoms with Crippen LogP contribution in [0.2, 0.25) is 0 Å². The van der Waals surface area contributed by atoms with E-state index in [0.717, 1.165) is 55.0 Å². The van der Waals surface area contributed by atoms with E-state index < -0.39 is 5.82 Å². The summed E-state index contributed by atoms with van der Waals surface area (Å²) in [4.78, 5) is 37.2. The first kappa shape index (κ1) is 21.1. The number of benzene rings is 1. The van der Waals surface area contributed by atoms with Gasteiger partial charge in [0.2, 0.25) is 11.9 Å². The van der Waals surface area contributed by atoms with E-state index in [1.807, 2.05) is 41.4 Å². The van der Waals surface area contributed by atoms with E-state index in [1.165, 1.54) is 12.4 Å². The Morgan fingerprint density at radius 3 is 2.47 bits per heavy atom. The Kier molecular flexibility index (Phi) is 5.41. The van der Waals surface area contributed by atoms with Crippen LogP contribution in [0, 0.1) is 5.82 Å². The Hall–Kier alpha value is -3.46. The number of rotatable bonds is 4. The molecule has 34 heavy (non-hydrogen) atoms. The molecule has 0 spiro atoms. The van der Waals surface area contributed by atoms with Crippen molar-refractivity contribution in [2.24, 2.45) is 0 Å². The average molecular weight is 460 g/mol. The molecule has 2 aromatic heterocycles. The minimum Gasteiger partial charge on any atom is -0.337 e. The number of halogens is 1. The van der Waals surface area contributed by atoms with Gasteiger partial charge in [-0.3, -0.25) is 9.69 Å². The molecule has 2 saturated heterocycles. The molecule has 2 atom stereocenters. The van der Waals surface area contributed by atoms with Gasteiger partial charge in [-0.2, -0.15) is 0 Å². The Labute approximate surface area is 197 Å². The number of piperazine rings is 1. The third-order valence-electron chi connectivity index (χ3n) is 7.07. The number of hydrogen-bond donors (Lipinski definition) is 0. The SMILES string of the molecule is O=C(CN1CC2CCC(C1)N2c1ncc(F)cn1)N1CCc2nc(-c3ccccc3)ncc2C1. The lowest BCUT2D eigenvalue weighted by atomic mass is 10.1. The van der Waals surface area contributed by atoms with E-state index in [4.69, 9.17) is 4.98 Å². The standard InChI is InChI=1S/C25H26FN7O/c26-19-11-28-25(29-12-19)33-20-6-7-21(33)15-31(14-20)16-23(34)32-9-8-22-18(13-32)10-27-24(30-22)17-4-2-1-3-5-17/h1-5,10-12,20-21H,6-9,13-16H2. The summed E-state index contributed by atoms with van der Waals surface area (Å²) in [7, 11) is 0. The van der Waals surface area contributed by atoms with E-state index in [9.17, 15) is 9.18 Å². The zero-order valence-electron chi connectivity index (χ0n) is 18.8. The fraction of sp³-hybridized carbons (Fsp3) is 0.400. The molecule has 6 rings (SSSR count). The maximum Gasteiger partial charge on any atom is 0.237 e. The number of aromatic nitrogens is 4. The van der Waals surface area contributed by atoms with E-state index in [2.05, 4.69) is 24.8 Å². The van der Waals surface area contributed by atoms with Crippen molar-refractivity contribution in [1.82, 2.24) is 29.7 Å². The molecular weight excluding hydrogens is 433 g/mol. The van der Waals surface area contributed by atoms with E-state index in [0.29, 0.717) is 25.6 Å². The van der Waals surface area contributed by atoms with Crippen molar-refractivity contribution >= 4 is 11.9 Å². The topological polar surface area (TPSA) is 78.4 Å². The quantitative estimate of drug-likeness (QED) is 0.593. The lowest BCUT2D eigenvalue weighted by molar-refractivity contribution is -0.133. The molecule has 3 aromatic rings. The number of hydrogen-bond acceptors (Lipinski definition) is 7. The Balaban J connectivity index is 1.09. The van der Waals surface area contributed by atoms with Crippen LogP contribution in [0.1, 0.15) is 24.1 Å². The number of carbonyl (C=O) groups excluding carboxylic acids is 1. The number of carbonyl (C=O) groups is 1. The molecule has 2 fully saturated rings. The predicted octanol–water partition coefficient (Wildman–Crippen LogP) is 2.31. The Bertz CT molecular complexity index is 1180. The predicted molar refractivity (Wildman–Crippen MR) is 124 cm³/mol. The second-order valence-electron chi connectivity index (χ2n) is 9.28. The highest BCUT2D eigenvalue weighted by atomic mass is 19.1. The summed E-state index contributed by atoms with van der Waals surface area (Å²) >= 11 is 0. The van der Waals surface area contributed by atoms with Crippen LogP contribution >= 0.6 is 0 Å². The molecule has 5 heterocycles. The van der Waals surface area contributed by atoms with Gasteiger partial charge >= 0.3 is 0 Å². The molecule has 9 heteroatoms. The maximum atomic E-state index is 13.2. The van der Waals surface area contributed by atoms with Crippen LogP contribution < -0.4 is 4.90 Å². The third kappa shape index (κ3) is 4.00. The second-order valence-corrected chi connectivity index (χ2v) is 9.28. The van der Waals surface area contributed by atoms with Gasteiger partial charge in [0.05, 0.1) is 24.6 Å². The van der Waals surface area contributed by atoms with Crippen LogP contribution in [-0.2, 0) is 17.8 Å². The fourth-order valence-corrected chi connectivity index (χ4v) is 5.43. The number of likely N-dealkylation sites (tertiary alicyclic amines) is 1.